The number of hydrazine groups is 1. The van der Waals surface area contributed by atoms with E-state index in [0.29, 0.717) is 17.2 Å². The third-order valence-electron chi connectivity index (χ3n) is 4.88. The molecule has 11 heteroatoms. The molecule has 0 spiro atoms. The number of rotatable bonds is 7. The minimum absolute atomic E-state index is 0.304. The summed E-state index contributed by atoms with van der Waals surface area (Å²) in [7, 11) is 0. The average Bonchev–Trinajstić information content (AvgIpc) is 2.77. The lowest BCUT2D eigenvalue weighted by Crippen LogP contribution is -2.29. The van der Waals surface area contributed by atoms with E-state index < -0.39 is 53.0 Å². The topological polar surface area (TPSA) is 63.3 Å². The standard InChI is InChI=1S/C22H17F7N4/c23-16-6-7-17(19(24)9-16)18(11-31-12-33-30)21(25,26)20-8-3-14(10-32-20)13-1-4-15(5-2-13)22(27,28)29/h1-10,12,18H,11,30H2,(H,31,33)/t18-/m0/s1. The molecule has 1 heterocycles. The van der Waals surface area contributed by atoms with Gasteiger partial charge in [-0.05, 0) is 35.4 Å². The van der Waals surface area contributed by atoms with Crippen LogP contribution in [0.5, 0.6) is 0 Å². The number of nitrogens with one attached hydrogen (secondary N) is 1. The van der Waals surface area contributed by atoms with Crippen LogP contribution in [0.25, 0.3) is 11.1 Å². The Morgan fingerprint density at radius 1 is 0.939 bits per heavy atom. The highest BCUT2D eigenvalue weighted by Crippen LogP contribution is 2.43. The second-order valence-electron chi connectivity index (χ2n) is 7.01. The number of aliphatic imine (C=N–C) groups is 1. The number of benzene rings is 2. The van der Waals surface area contributed by atoms with Crippen molar-refractivity contribution in [1.29, 1.82) is 0 Å². The second kappa shape index (κ2) is 9.57. The Morgan fingerprint density at radius 3 is 2.15 bits per heavy atom. The van der Waals surface area contributed by atoms with Crippen LogP contribution >= 0.6 is 0 Å². The normalized spacial score (nSPS) is 13.3. The van der Waals surface area contributed by atoms with Gasteiger partial charge < -0.3 is 5.43 Å². The highest BCUT2D eigenvalue weighted by Gasteiger charge is 2.44. The number of hydrogen-bond donors (Lipinski definition) is 2. The largest absolute Gasteiger partial charge is 0.416 e. The van der Waals surface area contributed by atoms with E-state index in [-0.39, 0.29) is 0 Å². The van der Waals surface area contributed by atoms with Crippen molar-refractivity contribution in [3.63, 3.8) is 0 Å². The van der Waals surface area contributed by atoms with Gasteiger partial charge in [-0.15, -0.1) is 0 Å². The van der Waals surface area contributed by atoms with Crippen LogP contribution in [0.2, 0.25) is 0 Å². The Kier molecular flexibility index (Phi) is 7.01. The van der Waals surface area contributed by atoms with Crippen molar-refractivity contribution in [2.45, 2.75) is 18.0 Å². The molecule has 0 unspecified atom stereocenters. The molecule has 174 valence electrons. The Labute approximate surface area is 184 Å². The Morgan fingerprint density at radius 2 is 1.61 bits per heavy atom. The van der Waals surface area contributed by atoms with Gasteiger partial charge in [0.2, 0.25) is 0 Å². The van der Waals surface area contributed by atoms with Crippen LogP contribution in [0.3, 0.4) is 0 Å². The molecule has 0 fully saturated rings. The summed E-state index contributed by atoms with van der Waals surface area (Å²) in [5.41, 5.74) is 0.658. The average molecular weight is 470 g/mol. The van der Waals surface area contributed by atoms with E-state index in [2.05, 4.69) is 15.4 Å². The van der Waals surface area contributed by atoms with Gasteiger partial charge in [0.1, 0.15) is 17.3 Å². The maximum Gasteiger partial charge on any atom is 0.416 e. The quantitative estimate of drug-likeness (QED) is 0.160. The van der Waals surface area contributed by atoms with E-state index in [1.165, 1.54) is 18.2 Å². The fourth-order valence-corrected chi connectivity index (χ4v) is 3.20. The molecule has 0 saturated heterocycles. The number of aromatic nitrogens is 1. The summed E-state index contributed by atoms with van der Waals surface area (Å²) in [6, 6.07) is 8.65. The molecule has 3 N–H and O–H groups in total. The first-order chi connectivity index (χ1) is 15.5. The molecule has 0 amide bonds. The summed E-state index contributed by atoms with van der Waals surface area (Å²) in [5, 5.41) is 0. The van der Waals surface area contributed by atoms with Crippen LogP contribution in [0.1, 0.15) is 22.7 Å². The molecule has 0 aliphatic rings. The third-order valence-corrected chi connectivity index (χ3v) is 4.88. The first-order valence-corrected chi connectivity index (χ1v) is 9.45. The number of nitrogens with zero attached hydrogens (tertiary/aromatic N) is 2. The maximum absolute atomic E-state index is 15.4. The monoisotopic (exact) mass is 470 g/mol. The fourth-order valence-electron chi connectivity index (χ4n) is 3.20. The van der Waals surface area contributed by atoms with Gasteiger partial charge >= 0.3 is 6.18 Å². The predicted molar refractivity (Wildman–Crippen MR) is 108 cm³/mol. The molecule has 1 aromatic heterocycles. The first kappa shape index (κ1) is 24.2. The summed E-state index contributed by atoms with van der Waals surface area (Å²) in [6.07, 6.45) is -2.48. The molecule has 0 aliphatic carbocycles. The van der Waals surface area contributed by atoms with Crippen molar-refractivity contribution in [3.8, 4) is 11.1 Å². The molecule has 1 atom stereocenters. The van der Waals surface area contributed by atoms with E-state index >= 15 is 8.78 Å². The predicted octanol–water partition coefficient (Wildman–Crippen LogP) is 5.41. The van der Waals surface area contributed by atoms with Gasteiger partial charge in [-0.3, -0.25) is 9.98 Å². The zero-order valence-electron chi connectivity index (χ0n) is 16.8. The number of alkyl halides is 5. The molecular formula is C22H17F7N4. The maximum atomic E-state index is 15.4. The van der Waals surface area contributed by atoms with Crippen molar-refractivity contribution in [2.75, 3.05) is 6.54 Å². The van der Waals surface area contributed by atoms with Crippen molar-refractivity contribution in [1.82, 2.24) is 10.4 Å². The lowest BCUT2D eigenvalue weighted by atomic mass is 9.89. The highest BCUT2D eigenvalue weighted by molar-refractivity contribution is 5.63. The van der Waals surface area contributed by atoms with E-state index in [0.717, 1.165) is 42.9 Å². The van der Waals surface area contributed by atoms with Crippen LogP contribution < -0.4 is 11.3 Å². The van der Waals surface area contributed by atoms with E-state index in [9.17, 15) is 22.0 Å². The number of hydrogen-bond acceptors (Lipinski definition) is 3. The summed E-state index contributed by atoms with van der Waals surface area (Å²) < 4.78 is 96.4. The zero-order chi connectivity index (χ0) is 24.2. The molecule has 4 nitrogen and oxygen atoms in total. The Balaban J connectivity index is 1.93. The van der Waals surface area contributed by atoms with Gasteiger partial charge in [0, 0.05) is 17.8 Å². The summed E-state index contributed by atoms with van der Waals surface area (Å²) >= 11 is 0. The van der Waals surface area contributed by atoms with Gasteiger partial charge in [0.05, 0.1) is 24.4 Å². The van der Waals surface area contributed by atoms with E-state index in [1.54, 1.807) is 0 Å². The van der Waals surface area contributed by atoms with Crippen LogP contribution in [-0.2, 0) is 12.1 Å². The van der Waals surface area contributed by atoms with Crippen LogP contribution in [0.4, 0.5) is 30.7 Å². The van der Waals surface area contributed by atoms with Crippen molar-refractivity contribution in [3.05, 3.63) is 89.2 Å². The lowest BCUT2D eigenvalue weighted by Gasteiger charge is -2.26. The van der Waals surface area contributed by atoms with Crippen LogP contribution in [0, 0.1) is 11.6 Å². The third kappa shape index (κ3) is 5.48. The SMILES string of the molecule is NNC=NC[C@@H](c1ccc(F)cc1F)C(F)(F)c1ccc(-c2ccc(C(F)(F)F)cc2)cn1. The number of nitrogens with two attached hydrogens (primary N) is 1. The second-order valence-corrected chi connectivity index (χ2v) is 7.01. The Hall–Kier alpha value is -3.47. The molecule has 0 radical (unpaired) electrons. The molecule has 3 aromatic rings. The van der Waals surface area contributed by atoms with Gasteiger partial charge in [-0.2, -0.15) is 22.0 Å². The molecular weight excluding hydrogens is 453 g/mol. The summed E-state index contributed by atoms with van der Waals surface area (Å²) in [5.74, 6) is -2.63. The fraction of sp³-hybridized carbons (Fsp3) is 0.182. The molecule has 0 bridgehead atoms. The smallest absolute Gasteiger partial charge is 0.315 e. The lowest BCUT2D eigenvalue weighted by molar-refractivity contribution is -0.137. The molecule has 0 aliphatic heterocycles. The van der Waals surface area contributed by atoms with Crippen molar-refractivity contribution in [2.24, 2.45) is 10.8 Å². The summed E-state index contributed by atoms with van der Waals surface area (Å²) in [4.78, 5) is 7.45. The highest BCUT2D eigenvalue weighted by atomic mass is 19.4. The minimum atomic E-state index is -4.50. The van der Waals surface area contributed by atoms with Gasteiger partial charge in [0.25, 0.3) is 5.92 Å². The van der Waals surface area contributed by atoms with E-state index in [4.69, 9.17) is 5.84 Å². The minimum Gasteiger partial charge on any atom is -0.315 e. The van der Waals surface area contributed by atoms with E-state index in [1.807, 2.05) is 0 Å². The first-order valence-electron chi connectivity index (χ1n) is 9.45. The molecule has 2 aromatic carbocycles. The Bertz CT molecular complexity index is 1110. The number of pyridine rings is 1. The zero-order valence-corrected chi connectivity index (χ0v) is 16.8. The van der Waals surface area contributed by atoms with Crippen LogP contribution in [-0.4, -0.2) is 17.9 Å². The molecule has 0 saturated carbocycles. The molecule has 3 rings (SSSR count). The van der Waals surface area contributed by atoms with Crippen LogP contribution in [0.15, 0.2) is 65.8 Å². The number of halogens is 7. The van der Waals surface area contributed by atoms with Gasteiger partial charge in [-0.25, -0.2) is 14.6 Å². The molecule has 33 heavy (non-hydrogen) atoms. The van der Waals surface area contributed by atoms with Crippen molar-refractivity contribution >= 4 is 6.34 Å². The van der Waals surface area contributed by atoms with Gasteiger partial charge in [-0.1, -0.05) is 24.3 Å². The van der Waals surface area contributed by atoms with Crippen molar-refractivity contribution < 1.29 is 30.7 Å². The summed E-state index contributed by atoms with van der Waals surface area (Å²) in [6.45, 7) is -0.595. The van der Waals surface area contributed by atoms with Gasteiger partial charge in [0.15, 0.2) is 0 Å².